The summed E-state index contributed by atoms with van der Waals surface area (Å²) in [6, 6.07) is 13.6. The van der Waals surface area contributed by atoms with Gasteiger partial charge in [0.25, 0.3) is 5.56 Å². The minimum absolute atomic E-state index is 0.164. The number of aromatic nitrogens is 5. The Bertz CT molecular complexity index is 1450. The van der Waals surface area contributed by atoms with Crippen LogP contribution < -0.4 is 10.3 Å². The van der Waals surface area contributed by atoms with Gasteiger partial charge in [-0.2, -0.15) is 4.98 Å². The third kappa shape index (κ3) is 5.14. The fourth-order valence-electron chi connectivity index (χ4n) is 3.82. The van der Waals surface area contributed by atoms with E-state index in [9.17, 15) is 4.79 Å². The molecule has 1 aromatic carbocycles. The van der Waals surface area contributed by atoms with Gasteiger partial charge in [-0.25, -0.2) is 9.97 Å². The van der Waals surface area contributed by atoms with E-state index in [-0.39, 0.29) is 17.6 Å². The summed E-state index contributed by atoms with van der Waals surface area (Å²) in [6.07, 6.45) is 1.78. The Morgan fingerprint density at radius 3 is 2.43 bits per heavy atom. The number of aryl methyl sites for hydroxylation is 3. The molecular formula is C28H31N5O2. The molecule has 0 atom stereocenters. The molecule has 0 saturated heterocycles. The number of benzene rings is 1. The van der Waals surface area contributed by atoms with Gasteiger partial charge in [-0.1, -0.05) is 39.0 Å². The molecule has 0 aliphatic heterocycles. The highest BCUT2D eigenvalue weighted by atomic mass is 16.5. The Balaban J connectivity index is 1.72. The van der Waals surface area contributed by atoms with Crippen LogP contribution in [0.2, 0.25) is 0 Å². The molecule has 0 unspecified atom stereocenters. The Kier molecular flexibility index (Phi) is 6.52. The van der Waals surface area contributed by atoms with Gasteiger partial charge < -0.3 is 4.74 Å². The quantitative estimate of drug-likeness (QED) is 0.400. The Labute approximate surface area is 205 Å². The third-order valence-electron chi connectivity index (χ3n) is 5.81. The van der Waals surface area contributed by atoms with Crippen LogP contribution >= 0.6 is 0 Å². The van der Waals surface area contributed by atoms with Crippen LogP contribution in [0.25, 0.3) is 16.9 Å². The maximum absolute atomic E-state index is 13.5. The summed E-state index contributed by atoms with van der Waals surface area (Å²) in [5, 5.41) is 0. The van der Waals surface area contributed by atoms with E-state index >= 15 is 0 Å². The Morgan fingerprint density at radius 2 is 1.71 bits per heavy atom. The minimum Gasteiger partial charge on any atom is -0.471 e. The maximum Gasteiger partial charge on any atom is 0.264 e. The SMILES string of the molecule is Cc1cccc(COc2nc(C)n(-c3cc(-c4ccnc(C(C)(C)C)n4)ccc3C)c(=O)c2C)n1. The number of nitrogens with zero attached hydrogens (tertiary/aromatic N) is 5. The first-order valence-corrected chi connectivity index (χ1v) is 11.6. The molecule has 0 N–H and O–H groups in total. The fourth-order valence-corrected chi connectivity index (χ4v) is 3.82. The van der Waals surface area contributed by atoms with Crippen molar-refractivity contribution in [3.63, 3.8) is 0 Å². The summed E-state index contributed by atoms with van der Waals surface area (Å²) >= 11 is 0. The lowest BCUT2D eigenvalue weighted by atomic mass is 9.95. The monoisotopic (exact) mass is 469 g/mol. The van der Waals surface area contributed by atoms with Gasteiger partial charge in [0.05, 0.1) is 22.6 Å². The fraction of sp³-hybridized carbons (Fsp3) is 0.321. The van der Waals surface area contributed by atoms with Crippen LogP contribution in [0.3, 0.4) is 0 Å². The van der Waals surface area contributed by atoms with E-state index in [0.717, 1.165) is 39.7 Å². The second kappa shape index (κ2) is 9.41. The summed E-state index contributed by atoms with van der Waals surface area (Å²) in [5.41, 5.74) is 5.27. The van der Waals surface area contributed by atoms with E-state index in [4.69, 9.17) is 9.72 Å². The van der Waals surface area contributed by atoms with Crippen molar-refractivity contribution in [2.75, 3.05) is 0 Å². The lowest BCUT2D eigenvalue weighted by Crippen LogP contribution is -2.26. The normalized spacial score (nSPS) is 11.5. The minimum atomic E-state index is -0.165. The molecule has 0 fully saturated rings. The summed E-state index contributed by atoms with van der Waals surface area (Å²) in [4.78, 5) is 31.7. The molecular weight excluding hydrogens is 438 g/mol. The zero-order chi connectivity index (χ0) is 25.3. The molecule has 0 aliphatic rings. The molecule has 180 valence electrons. The van der Waals surface area contributed by atoms with Gasteiger partial charge >= 0.3 is 0 Å². The molecule has 35 heavy (non-hydrogen) atoms. The first kappa shape index (κ1) is 24.3. The number of pyridine rings is 1. The summed E-state index contributed by atoms with van der Waals surface area (Å²) < 4.78 is 7.53. The van der Waals surface area contributed by atoms with Crippen molar-refractivity contribution in [3.8, 4) is 22.8 Å². The molecule has 0 saturated carbocycles. The van der Waals surface area contributed by atoms with Crippen molar-refractivity contribution < 1.29 is 4.74 Å². The summed E-state index contributed by atoms with van der Waals surface area (Å²) in [5.74, 6) is 1.64. The molecule has 7 heteroatoms. The first-order chi connectivity index (χ1) is 16.5. The predicted octanol–water partition coefficient (Wildman–Crippen LogP) is 5.19. The lowest BCUT2D eigenvalue weighted by Gasteiger charge is -2.18. The molecule has 0 amide bonds. The van der Waals surface area contributed by atoms with Crippen LogP contribution in [0.15, 0.2) is 53.5 Å². The molecule has 4 rings (SSSR count). The Morgan fingerprint density at radius 1 is 0.943 bits per heavy atom. The molecule has 3 heterocycles. The van der Waals surface area contributed by atoms with Gasteiger partial charge in [-0.05, 0) is 57.5 Å². The topological polar surface area (TPSA) is 82.8 Å². The molecule has 0 radical (unpaired) electrons. The highest BCUT2D eigenvalue weighted by Crippen LogP contribution is 2.26. The van der Waals surface area contributed by atoms with Crippen molar-refractivity contribution in [1.82, 2.24) is 24.5 Å². The zero-order valence-electron chi connectivity index (χ0n) is 21.4. The van der Waals surface area contributed by atoms with E-state index < -0.39 is 0 Å². The van der Waals surface area contributed by atoms with Crippen LogP contribution in [-0.2, 0) is 12.0 Å². The van der Waals surface area contributed by atoms with Crippen molar-refractivity contribution in [2.45, 2.75) is 60.5 Å². The largest absolute Gasteiger partial charge is 0.471 e. The predicted molar refractivity (Wildman–Crippen MR) is 137 cm³/mol. The molecule has 3 aromatic heterocycles. The average molecular weight is 470 g/mol. The van der Waals surface area contributed by atoms with Crippen molar-refractivity contribution in [1.29, 1.82) is 0 Å². The van der Waals surface area contributed by atoms with Gasteiger partial charge in [-0.3, -0.25) is 14.3 Å². The number of hydrogen-bond donors (Lipinski definition) is 0. The first-order valence-electron chi connectivity index (χ1n) is 11.6. The number of ether oxygens (including phenoxy) is 1. The smallest absolute Gasteiger partial charge is 0.264 e. The molecule has 7 nitrogen and oxygen atoms in total. The van der Waals surface area contributed by atoms with E-state index in [1.807, 2.05) is 63.2 Å². The van der Waals surface area contributed by atoms with E-state index in [1.54, 1.807) is 17.7 Å². The van der Waals surface area contributed by atoms with Gasteiger partial charge in [0.15, 0.2) is 0 Å². The van der Waals surface area contributed by atoms with E-state index in [1.165, 1.54) is 0 Å². The number of hydrogen-bond acceptors (Lipinski definition) is 6. The zero-order valence-corrected chi connectivity index (χ0v) is 21.4. The van der Waals surface area contributed by atoms with Crippen LogP contribution in [0.5, 0.6) is 5.88 Å². The van der Waals surface area contributed by atoms with Gasteiger partial charge in [0, 0.05) is 22.9 Å². The van der Waals surface area contributed by atoms with Gasteiger partial charge in [0.1, 0.15) is 18.3 Å². The second-order valence-corrected chi connectivity index (χ2v) is 9.81. The molecule has 4 aromatic rings. The van der Waals surface area contributed by atoms with Crippen LogP contribution in [0.1, 0.15) is 54.9 Å². The van der Waals surface area contributed by atoms with E-state index in [2.05, 4.69) is 35.7 Å². The third-order valence-corrected chi connectivity index (χ3v) is 5.81. The van der Waals surface area contributed by atoms with Crippen LogP contribution in [0, 0.1) is 27.7 Å². The standard InChI is InChI=1S/C28H31N5O2/c1-17-11-12-21(23-13-14-29-27(32-23)28(5,6)7)15-24(17)33-20(4)31-25(19(3)26(33)34)35-16-22-10-8-9-18(2)30-22/h8-15H,16H2,1-7H3. The molecule has 0 spiro atoms. The summed E-state index contributed by atoms with van der Waals surface area (Å²) in [7, 11) is 0. The van der Waals surface area contributed by atoms with Gasteiger partial charge in [0.2, 0.25) is 5.88 Å². The van der Waals surface area contributed by atoms with E-state index in [0.29, 0.717) is 17.3 Å². The molecule has 0 bridgehead atoms. The summed E-state index contributed by atoms with van der Waals surface area (Å²) in [6.45, 7) is 14.0. The van der Waals surface area contributed by atoms with Crippen molar-refractivity contribution >= 4 is 0 Å². The van der Waals surface area contributed by atoms with Gasteiger partial charge in [-0.15, -0.1) is 0 Å². The number of rotatable bonds is 5. The highest BCUT2D eigenvalue weighted by Gasteiger charge is 2.19. The van der Waals surface area contributed by atoms with Crippen LogP contribution in [0.4, 0.5) is 0 Å². The maximum atomic E-state index is 13.5. The molecule has 0 aliphatic carbocycles. The second-order valence-electron chi connectivity index (χ2n) is 9.81. The average Bonchev–Trinajstić information content (AvgIpc) is 2.81. The highest BCUT2D eigenvalue weighted by molar-refractivity contribution is 5.64. The van der Waals surface area contributed by atoms with Crippen LogP contribution in [-0.4, -0.2) is 24.5 Å². The van der Waals surface area contributed by atoms with Crippen molar-refractivity contribution in [2.24, 2.45) is 0 Å². The van der Waals surface area contributed by atoms with Crippen molar-refractivity contribution in [3.05, 3.63) is 93.2 Å². The lowest BCUT2D eigenvalue weighted by molar-refractivity contribution is 0.284. The Hall–Kier alpha value is -3.87.